The Balaban J connectivity index is 1.70. The second kappa shape index (κ2) is 29.3. The molecule has 2 N–H and O–H groups in total. The largest absolute Gasteiger partial charge is 0.379 e. The average Bonchev–Trinajstić information content (AvgIpc) is 3.38. The van der Waals surface area contributed by atoms with Crippen LogP contribution in [-0.4, -0.2) is 160 Å². The van der Waals surface area contributed by atoms with Gasteiger partial charge in [0.25, 0.3) is 11.8 Å². The van der Waals surface area contributed by atoms with Crippen LogP contribution in [0.25, 0.3) is 0 Å². The Morgan fingerprint density at radius 1 is 0.617 bits per heavy atom. The van der Waals surface area contributed by atoms with Crippen molar-refractivity contribution in [3.63, 3.8) is 0 Å². The molecule has 1 rings (SSSR count). The molecule has 0 spiro atoms. The predicted molar refractivity (Wildman–Crippen MR) is 167 cm³/mol. The quantitative estimate of drug-likeness (QED) is 0.0505. The minimum atomic E-state index is -0.474. The number of carbonyl (C=O) groups is 5. The Morgan fingerprint density at radius 2 is 1.00 bits per heavy atom. The van der Waals surface area contributed by atoms with Gasteiger partial charge in [-0.3, -0.25) is 24.1 Å². The summed E-state index contributed by atoms with van der Waals surface area (Å²) in [5, 5.41) is 5.33. The molecule has 0 aliphatic carbocycles. The molecule has 0 aromatic rings. The molecule has 1 aliphatic rings. The molecule has 0 aromatic heterocycles. The van der Waals surface area contributed by atoms with Gasteiger partial charge in [-0.15, -0.1) is 0 Å². The van der Waals surface area contributed by atoms with Gasteiger partial charge in [0, 0.05) is 38.1 Å². The molecular weight excluding hydrogens is 622 g/mol. The van der Waals surface area contributed by atoms with E-state index in [0.717, 1.165) is 11.2 Å². The highest BCUT2D eigenvalue weighted by atomic mass is 16.6. The second-order valence-electron chi connectivity index (χ2n) is 10.4. The fraction of sp³-hybridized carbons (Fsp3) is 0.774. The molecule has 0 aromatic carbocycles. The third kappa shape index (κ3) is 24.0. The van der Waals surface area contributed by atoms with Crippen LogP contribution in [0.5, 0.6) is 0 Å². The lowest BCUT2D eigenvalue weighted by Crippen LogP contribution is -2.40. The van der Waals surface area contributed by atoms with Crippen LogP contribution >= 0.6 is 0 Å². The summed E-state index contributed by atoms with van der Waals surface area (Å²) in [5.41, 5.74) is 0. The van der Waals surface area contributed by atoms with E-state index in [9.17, 15) is 24.0 Å². The monoisotopic (exact) mass is 675 g/mol. The number of aldehydes is 1. The molecule has 16 heteroatoms. The van der Waals surface area contributed by atoms with Crippen LogP contribution in [0, 0.1) is 5.92 Å². The van der Waals surface area contributed by atoms with Crippen molar-refractivity contribution in [2.45, 2.75) is 32.7 Å². The van der Waals surface area contributed by atoms with Crippen LogP contribution in [0.1, 0.15) is 26.7 Å². The van der Waals surface area contributed by atoms with Crippen molar-refractivity contribution in [2.75, 3.05) is 119 Å². The van der Waals surface area contributed by atoms with E-state index in [1.54, 1.807) is 0 Å². The number of nitrogens with one attached hydrogen (secondary N) is 2. The first-order chi connectivity index (χ1) is 22.8. The first-order valence-corrected chi connectivity index (χ1v) is 16.0. The molecule has 0 saturated heterocycles. The Hall–Kier alpha value is -2.83. The molecule has 0 radical (unpaired) electrons. The van der Waals surface area contributed by atoms with Crippen molar-refractivity contribution < 1.29 is 61.9 Å². The van der Waals surface area contributed by atoms with Crippen molar-refractivity contribution in [3.8, 4) is 0 Å². The minimum Gasteiger partial charge on any atom is -0.379 e. The van der Waals surface area contributed by atoms with Crippen molar-refractivity contribution in [1.29, 1.82) is 0 Å². The Bertz CT molecular complexity index is 886. The predicted octanol–water partition coefficient (Wildman–Crippen LogP) is -0.720. The average molecular weight is 676 g/mol. The smallest absolute Gasteiger partial charge is 0.253 e. The number of carbonyl (C=O) groups excluding carboxylic acids is 5. The van der Waals surface area contributed by atoms with Gasteiger partial charge in [0.15, 0.2) is 0 Å². The van der Waals surface area contributed by atoms with E-state index in [4.69, 9.17) is 37.9 Å². The number of rotatable bonds is 33. The highest BCUT2D eigenvalue weighted by Crippen LogP contribution is 2.04. The maximum absolute atomic E-state index is 11.8. The van der Waals surface area contributed by atoms with Gasteiger partial charge in [-0.2, -0.15) is 0 Å². The van der Waals surface area contributed by atoms with Gasteiger partial charge in [0.2, 0.25) is 11.8 Å². The summed E-state index contributed by atoms with van der Waals surface area (Å²) < 4.78 is 43.3. The second-order valence-corrected chi connectivity index (χ2v) is 10.4. The van der Waals surface area contributed by atoms with E-state index in [2.05, 4.69) is 10.6 Å². The van der Waals surface area contributed by atoms with Gasteiger partial charge in [-0.1, -0.05) is 13.8 Å². The molecule has 0 fully saturated rings. The lowest BCUT2D eigenvalue weighted by atomic mass is 10.1. The van der Waals surface area contributed by atoms with Gasteiger partial charge in [-0.05, 0) is 5.92 Å². The van der Waals surface area contributed by atoms with Gasteiger partial charge >= 0.3 is 0 Å². The van der Waals surface area contributed by atoms with Crippen molar-refractivity contribution in [2.24, 2.45) is 5.92 Å². The zero-order valence-electron chi connectivity index (χ0n) is 27.8. The van der Waals surface area contributed by atoms with Crippen molar-refractivity contribution in [3.05, 3.63) is 12.2 Å². The van der Waals surface area contributed by atoms with Crippen LogP contribution in [0.2, 0.25) is 0 Å². The number of imide groups is 1. The summed E-state index contributed by atoms with van der Waals surface area (Å²) in [7, 11) is 0. The zero-order chi connectivity index (χ0) is 34.4. The molecule has 1 heterocycles. The molecule has 0 bridgehead atoms. The van der Waals surface area contributed by atoms with Gasteiger partial charge in [-0.25, -0.2) is 0 Å². The standard InChI is InChI=1S/C31H53N3O13/c1-26(2)27(25-35)33-29(37)6-9-40-11-13-42-15-17-44-19-21-46-23-24-47-22-20-45-18-16-43-14-12-41-10-7-32-28(36)5-8-34-30(38)3-4-31(34)39/h3-4,25-27H,5-24H2,1-2H3,(H,32,36)(H,33,37)/t27-/m1/s1. The minimum absolute atomic E-state index is 0.0471. The highest BCUT2D eigenvalue weighted by molar-refractivity contribution is 6.13. The van der Waals surface area contributed by atoms with E-state index < -0.39 is 17.9 Å². The van der Waals surface area contributed by atoms with E-state index in [0.29, 0.717) is 106 Å². The van der Waals surface area contributed by atoms with Crippen molar-refractivity contribution in [1.82, 2.24) is 15.5 Å². The van der Waals surface area contributed by atoms with E-state index in [-0.39, 0.29) is 43.7 Å². The molecule has 16 nitrogen and oxygen atoms in total. The Morgan fingerprint density at radius 3 is 1.38 bits per heavy atom. The summed E-state index contributed by atoms with van der Waals surface area (Å²) in [6.45, 7) is 10.7. The summed E-state index contributed by atoms with van der Waals surface area (Å²) in [6.07, 6.45) is 3.36. The third-order valence-corrected chi connectivity index (χ3v) is 6.30. The lowest BCUT2D eigenvalue weighted by Gasteiger charge is -2.16. The van der Waals surface area contributed by atoms with E-state index in [1.165, 1.54) is 12.2 Å². The number of nitrogens with zero attached hydrogens (tertiary/aromatic N) is 1. The molecule has 270 valence electrons. The zero-order valence-corrected chi connectivity index (χ0v) is 27.8. The van der Waals surface area contributed by atoms with Crippen LogP contribution in [-0.2, 0) is 61.9 Å². The van der Waals surface area contributed by atoms with Crippen LogP contribution in [0.4, 0.5) is 0 Å². The first kappa shape index (κ1) is 42.2. The molecule has 47 heavy (non-hydrogen) atoms. The molecule has 0 unspecified atom stereocenters. The Labute approximate surface area is 277 Å². The van der Waals surface area contributed by atoms with Crippen molar-refractivity contribution >= 4 is 29.9 Å². The lowest BCUT2D eigenvalue weighted by molar-refractivity contribution is -0.137. The summed E-state index contributed by atoms with van der Waals surface area (Å²) in [4.78, 5) is 58.3. The SMILES string of the molecule is CC(C)[C@@H](C=O)NC(=O)CCOCCOCCOCCOCCOCCOCCOCCOCCNC(=O)CCN1C(=O)C=CC1=O. The summed E-state index contributed by atoms with van der Waals surface area (Å²) in [6, 6.07) is -0.474. The fourth-order valence-electron chi connectivity index (χ4n) is 3.64. The van der Waals surface area contributed by atoms with Crippen LogP contribution in [0.3, 0.4) is 0 Å². The number of ether oxygens (including phenoxy) is 8. The maximum atomic E-state index is 11.8. The molecular formula is C31H53N3O13. The van der Waals surface area contributed by atoms with Gasteiger partial charge in [0.05, 0.1) is 112 Å². The summed E-state index contributed by atoms with van der Waals surface area (Å²) >= 11 is 0. The number of hydrogen-bond donors (Lipinski definition) is 2. The third-order valence-electron chi connectivity index (χ3n) is 6.30. The number of hydrogen-bond acceptors (Lipinski definition) is 13. The fourth-order valence-corrected chi connectivity index (χ4v) is 3.64. The normalized spacial score (nSPS) is 13.5. The van der Waals surface area contributed by atoms with Crippen LogP contribution in [0.15, 0.2) is 12.2 Å². The van der Waals surface area contributed by atoms with E-state index in [1.807, 2.05) is 13.8 Å². The molecule has 1 atom stereocenters. The molecule has 1 aliphatic heterocycles. The topological polar surface area (TPSA) is 186 Å². The first-order valence-electron chi connectivity index (χ1n) is 16.0. The molecule has 4 amide bonds. The Kier molecular flexibility index (Phi) is 26.3. The molecule has 0 saturated carbocycles. The maximum Gasteiger partial charge on any atom is 0.253 e. The highest BCUT2D eigenvalue weighted by Gasteiger charge is 2.23. The van der Waals surface area contributed by atoms with Gasteiger partial charge in [0.1, 0.15) is 6.29 Å². The van der Waals surface area contributed by atoms with E-state index >= 15 is 0 Å². The number of amides is 4. The van der Waals surface area contributed by atoms with Crippen LogP contribution < -0.4 is 10.6 Å². The summed E-state index contributed by atoms with van der Waals surface area (Å²) in [5.74, 6) is -1.22. The van der Waals surface area contributed by atoms with Gasteiger partial charge < -0.3 is 53.3 Å².